The van der Waals surface area contributed by atoms with Crippen LogP contribution in [-0.2, 0) is 57.2 Å². The predicted octanol–water partition coefficient (Wildman–Crippen LogP) is 6.65. The zero-order valence-electron chi connectivity index (χ0n) is 61.6. The minimum Gasteiger partial charge on any atom is -0.394 e. The normalized spacial score (nSPS) is 26.0. The van der Waals surface area contributed by atoms with Gasteiger partial charge >= 0.3 is 0 Å². The summed E-state index contributed by atoms with van der Waals surface area (Å²) < 4.78 is 34.3. The summed E-state index contributed by atoms with van der Waals surface area (Å²) in [6, 6.07) is -0.913. The second kappa shape index (κ2) is 57.1. The fraction of sp³-hybridized carbons (Fsp3) is 0.918. The second-order valence-corrected chi connectivity index (χ2v) is 27.7. The van der Waals surface area contributed by atoms with Gasteiger partial charge in [-0.05, 0) is 95.8 Å². The Morgan fingerprint density at radius 3 is 1.13 bits per heavy atom. The number of rotatable bonds is 53. The lowest BCUT2D eigenvalue weighted by Crippen LogP contribution is -2.55. The van der Waals surface area contributed by atoms with Crippen LogP contribution in [0.15, 0.2) is 0 Å². The zero-order chi connectivity index (χ0) is 73.2. The summed E-state index contributed by atoms with van der Waals surface area (Å²) in [7, 11) is 0. The molecule has 25 heteroatoms. The first-order valence-corrected chi connectivity index (χ1v) is 37.9. The summed E-state index contributed by atoms with van der Waals surface area (Å²) in [4.78, 5) is 80.2. The van der Waals surface area contributed by atoms with E-state index in [0.717, 1.165) is 38.0 Å². The molecule has 3 fully saturated rings. The molecule has 576 valence electrons. The summed E-state index contributed by atoms with van der Waals surface area (Å²) >= 11 is 0. The summed E-state index contributed by atoms with van der Waals surface area (Å²) in [5.74, 6) is -2.36. The highest BCUT2D eigenvalue weighted by Crippen LogP contribution is 2.30. The van der Waals surface area contributed by atoms with E-state index in [1.807, 2.05) is 13.8 Å². The molecule has 0 radical (unpaired) electrons. The molecule has 3 heterocycles. The fourth-order valence-corrected chi connectivity index (χ4v) is 11.8. The Morgan fingerprint density at radius 1 is 0.408 bits per heavy atom. The number of hydrogen-bond acceptors (Lipinski definition) is 21. The van der Waals surface area contributed by atoms with Gasteiger partial charge in [0, 0.05) is 102 Å². The van der Waals surface area contributed by atoms with Crippen molar-refractivity contribution in [2.75, 3.05) is 59.3 Å². The lowest BCUT2D eigenvalue weighted by Gasteiger charge is -2.40. The number of aliphatic hydroxyl groups is 9. The molecule has 0 aromatic rings. The number of unbranched alkanes of at least 4 members (excludes halogenated alkanes) is 16. The first-order valence-electron chi connectivity index (χ1n) is 37.9. The van der Waals surface area contributed by atoms with Gasteiger partial charge in [-0.3, -0.25) is 28.8 Å². The molecule has 3 rings (SSSR count). The highest BCUT2D eigenvalue weighted by Gasteiger charge is 2.45. The maximum absolute atomic E-state index is 14.4. The Hall–Kier alpha value is -3.38. The average molecular weight is 1410 g/mol. The molecule has 0 aliphatic carbocycles. The van der Waals surface area contributed by atoms with E-state index in [1.165, 1.54) is 25.7 Å². The third kappa shape index (κ3) is 39.9. The SMILES string of the molecule is CC.CC(C)C.CCCCCCCCCC(=O)CCCCCNC(=O)C(CCCCNC(=O)CCCCCO[C@@H]1OC(CO)[C@H](O)[C@H](O)C1C)CC(=O)C(CCCCNC(=O)CCCCCO[C@@H]1OC(CO)[C@H](O)[C@H](O)C1C)NC(=O)CCCCCO[C@@H]1OC(CO)[C@H](O)[C@H](O)C1C. The van der Waals surface area contributed by atoms with Crippen LogP contribution < -0.4 is 21.3 Å². The average Bonchev–Trinajstić information content (AvgIpc) is 0.949. The number of ketones is 2. The monoisotopic (exact) mass is 1410 g/mol. The molecule has 13 N–H and O–H groups in total. The van der Waals surface area contributed by atoms with Crippen molar-refractivity contribution in [1.29, 1.82) is 0 Å². The molecule has 0 bridgehead atoms. The maximum Gasteiger partial charge on any atom is 0.223 e. The van der Waals surface area contributed by atoms with Gasteiger partial charge in [0.15, 0.2) is 24.7 Å². The number of ether oxygens (including phenoxy) is 6. The van der Waals surface area contributed by atoms with Crippen molar-refractivity contribution in [2.45, 2.75) is 341 Å². The molecule has 3 aliphatic rings. The smallest absolute Gasteiger partial charge is 0.223 e. The summed E-state index contributed by atoms with van der Waals surface area (Å²) in [6.45, 7) is 18.3. The van der Waals surface area contributed by atoms with Crippen LogP contribution in [-0.4, -0.2) is 220 Å². The lowest BCUT2D eigenvalue weighted by molar-refractivity contribution is -0.282. The van der Waals surface area contributed by atoms with Crippen molar-refractivity contribution in [3.63, 3.8) is 0 Å². The molecular weight excluding hydrogens is 1270 g/mol. The van der Waals surface area contributed by atoms with Crippen molar-refractivity contribution >= 4 is 35.2 Å². The number of Topliss-reactive ketones (excluding diaryl/α,β-unsaturated/α-hetero) is 2. The summed E-state index contributed by atoms with van der Waals surface area (Å²) in [6.07, 6.45) is 7.63. The minimum atomic E-state index is -1.24. The number of amides is 4. The highest BCUT2D eigenvalue weighted by atomic mass is 16.7. The Morgan fingerprint density at radius 2 is 0.735 bits per heavy atom. The molecule has 0 aromatic heterocycles. The van der Waals surface area contributed by atoms with Crippen LogP contribution in [0, 0.1) is 29.6 Å². The molecule has 0 spiro atoms. The molecule has 3 saturated heterocycles. The van der Waals surface area contributed by atoms with Gasteiger partial charge < -0.3 is 95.6 Å². The molecule has 4 amide bonds. The third-order valence-corrected chi connectivity index (χ3v) is 18.1. The largest absolute Gasteiger partial charge is 0.394 e. The lowest BCUT2D eigenvalue weighted by atomic mass is 9.91. The Balaban J connectivity index is 0.00000770. The van der Waals surface area contributed by atoms with E-state index in [0.29, 0.717) is 142 Å². The molecule has 17 atom stereocenters. The molecule has 98 heavy (non-hydrogen) atoms. The number of aliphatic hydroxyl groups excluding tert-OH is 9. The summed E-state index contributed by atoms with van der Waals surface area (Å²) in [5, 5.41) is 102. The van der Waals surface area contributed by atoms with Crippen molar-refractivity contribution in [3.8, 4) is 0 Å². The molecule has 3 aliphatic heterocycles. The van der Waals surface area contributed by atoms with Crippen LogP contribution >= 0.6 is 0 Å². The van der Waals surface area contributed by atoms with E-state index in [4.69, 9.17) is 28.4 Å². The van der Waals surface area contributed by atoms with Crippen molar-refractivity contribution < 1.29 is 103 Å². The number of carbonyl (C=O) groups excluding carboxylic acids is 6. The molecule has 0 aromatic carbocycles. The zero-order valence-corrected chi connectivity index (χ0v) is 61.6. The third-order valence-electron chi connectivity index (χ3n) is 18.1. The quantitative estimate of drug-likeness (QED) is 0.0283. The van der Waals surface area contributed by atoms with Gasteiger partial charge in [0.25, 0.3) is 0 Å². The first-order chi connectivity index (χ1) is 47.0. The van der Waals surface area contributed by atoms with Gasteiger partial charge in [-0.25, -0.2) is 0 Å². The summed E-state index contributed by atoms with van der Waals surface area (Å²) in [5.41, 5.74) is 0. The van der Waals surface area contributed by atoms with Gasteiger partial charge in [-0.1, -0.05) is 133 Å². The van der Waals surface area contributed by atoms with Gasteiger partial charge in [-0.2, -0.15) is 0 Å². The van der Waals surface area contributed by atoms with E-state index in [-0.39, 0.29) is 73.9 Å². The predicted molar refractivity (Wildman–Crippen MR) is 374 cm³/mol. The Kier molecular flexibility index (Phi) is 53.9. The van der Waals surface area contributed by atoms with Crippen LogP contribution in [0.4, 0.5) is 0 Å². The first kappa shape index (κ1) is 92.6. The molecule has 8 unspecified atom stereocenters. The van der Waals surface area contributed by atoms with Gasteiger partial charge in [0.1, 0.15) is 42.4 Å². The van der Waals surface area contributed by atoms with Crippen molar-refractivity contribution in [2.24, 2.45) is 29.6 Å². The highest BCUT2D eigenvalue weighted by molar-refractivity contribution is 5.92. The van der Waals surface area contributed by atoms with Gasteiger partial charge in [0.2, 0.25) is 23.6 Å². The number of nitrogens with one attached hydrogen (secondary N) is 4. The number of hydrogen-bond donors (Lipinski definition) is 13. The van der Waals surface area contributed by atoms with E-state index < -0.39 is 123 Å². The minimum absolute atomic E-state index is 0.110. The van der Waals surface area contributed by atoms with Crippen LogP contribution in [0.5, 0.6) is 0 Å². The van der Waals surface area contributed by atoms with E-state index >= 15 is 0 Å². The number of carbonyl (C=O) groups is 6. The van der Waals surface area contributed by atoms with Crippen molar-refractivity contribution in [3.05, 3.63) is 0 Å². The second-order valence-electron chi connectivity index (χ2n) is 27.7. The van der Waals surface area contributed by atoms with Crippen LogP contribution in [0.2, 0.25) is 0 Å². The molecule has 25 nitrogen and oxygen atoms in total. The van der Waals surface area contributed by atoms with Crippen LogP contribution in [0.25, 0.3) is 0 Å². The van der Waals surface area contributed by atoms with Crippen LogP contribution in [0.3, 0.4) is 0 Å². The Labute approximate surface area is 587 Å². The van der Waals surface area contributed by atoms with E-state index in [9.17, 15) is 74.7 Å². The maximum atomic E-state index is 14.4. The topological polar surface area (TPSA) is 388 Å². The van der Waals surface area contributed by atoms with Crippen LogP contribution in [0.1, 0.15) is 261 Å². The molecular formula is C73H138N4O21. The van der Waals surface area contributed by atoms with E-state index in [2.05, 4.69) is 49.0 Å². The fourth-order valence-electron chi connectivity index (χ4n) is 11.8. The Bertz CT molecular complexity index is 2060. The van der Waals surface area contributed by atoms with Crippen molar-refractivity contribution in [1.82, 2.24) is 21.3 Å². The van der Waals surface area contributed by atoms with Gasteiger partial charge in [0.05, 0.1) is 44.2 Å². The van der Waals surface area contributed by atoms with E-state index in [1.54, 1.807) is 20.8 Å². The standard InChI is InChI=1S/C67H122N4O21.C4H10.C2H6/c1-5-6-7-8-9-10-15-29-49(75)30-16-11-22-37-70-64(86)48(28-20-23-35-68-55(77)32-17-12-25-38-87-65-45(2)58(80)61(83)52(42-72)90-65)41-51(76)50(71-57(79)34-19-14-27-40-89-67-47(4)60(82)63(85)54(44-74)92-67)31-21-24-36-69-56(78)33-18-13-26-39-88-66-46(3)59(81)62(84)53(43-73)91-66;1-4(2)3;1-2/h45-48,50,52-54,58-63,65-67,72-74,80-85H,5-44H2,1-4H3,(H,68,77)(H,69,78)(H,70,86)(H,71,79);4H,1-3H3;1-2H3/t45?,46?,47?,48?,50?,52?,53?,54?,58-,59-,60-,61+,62+,63+,65-,66-,67-;;/m1../s1. The van der Waals surface area contributed by atoms with Gasteiger partial charge in [-0.15, -0.1) is 0 Å². The molecule has 0 saturated carbocycles.